The molecule has 2 bridgehead atoms. The number of hydrogen-bond donors (Lipinski definition) is 1. The van der Waals surface area contributed by atoms with Crippen LogP contribution in [0.3, 0.4) is 0 Å². The van der Waals surface area contributed by atoms with Crippen molar-refractivity contribution in [2.45, 2.75) is 45.4 Å². The highest BCUT2D eigenvalue weighted by molar-refractivity contribution is 5.96. The number of carbonyl (C=O) groups excluding carboxylic acids is 3. The molecular formula is C24H28N6O5. The number of nitrogens with zero attached hydrogens (tertiary/aromatic N) is 5. The number of aryl methyl sites for hydroxylation is 1. The van der Waals surface area contributed by atoms with Gasteiger partial charge in [-0.1, -0.05) is 0 Å². The first-order valence-corrected chi connectivity index (χ1v) is 12.1. The first-order valence-electron chi connectivity index (χ1n) is 12.1. The number of aromatic nitrogens is 4. The Morgan fingerprint density at radius 2 is 1.71 bits per heavy atom. The smallest absolute Gasteiger partial charge is 0.311 e. The Morgan fingerprint density at radius 1 is 1.03 bits per heavy atom. The number of hydrogen-bond acceptors (Lipinski definition) is 7. The molecule has 7 rings (SSSR count). The van der Waals surface area contributed by atoms with E-state index in [1.54, 1.807) is 11.8 Å². The van der Waals surface area contributed by atoms with Crippen LogP contribution in [0.4, 0.5) is 0 Å². The molecule has 0 unspecified atom stereocenters. The second-order valence-electron chi connectivity index (χ2n) is 10.4. The van der Waals surface area contributed by atoms with Crippen molar-refractivity contribution < 1.29 is 19.1 Å². The van der Waals surface area contributed by atoms with Crippen molar-refractivity contribution in [2.75, 3.05) is 33.3 Å². The van der Waals surface area contributed by atoms with Crippen LogP contribution in [0, 0.1) is 17.8 Å². The third kappa shape index (κ3) is 3.09. The summed E-state index contributed by atoms with van der Waals surface area (Å²) in [6, 6.07) is 0. The normalized spacial score (nSPS) is 26.6. The molecule has 2 aromatic rings. The number of aromatic amines is 1. The predicted molar refractivity (Wildman–Crippen MR) is 122 cm³/mol. The van der Waals surface area contributed by atoms with Crippen LogP contribution in [0.15, 0.2) is 11.0 Å². The number of nitrogens with one attached hydrogen (secondary N) is 1. The highest BCUT2D eigenvalue weighted by Gasteiger charge is 2.76. The van der Waals surface area contributed by atoms with Gasteiger partial charge in [-0.2, -0.15) is 5.10 Å². The molecule has 184 valence electrons. The van der Waals surface area contributed by atoms with E-state index in [9.17, 15) is 19.2 Å². The van der Waals surface area contributed by atoms with E-state index in [-0.39, 0.29) is 23.3 Å². The van der Waals surface area contributed by atoms with Crippen LogP contribution in [0.1, 0.15) is 53.0 Å². The molecule has 0 atom stereocenters. The van der Waals surface area contributed by atoms with Crippen LogP contribution < -0.4 is 5.56 Å². The van der Waals surface area contributed by atoms with Crippen molar-refractivity contribution in [1.82, 2.24) is 29.5 Å². The molecule has 1 N–H and O–H groups in total. The van der Waals surface area contributed by atoms with Crippen molar-refractivity contribution in [1.29, 1.82) is 0 Å². The number of carbonyl (C=O) groups is 3. The molecule has 11 heteroatoms. The third-order valence-corrected chi connectivity index (χ3v) is 8.33. The van der Waals surface area contributed by atoms with Crippen molar-refractivity contribution in [2.24, 2.45) is 10.8 Å². The SMILES string of the molecule is COC(=O)C12CC(C(=O)N3CCN(C(=O)c4cnn(-c5nc6c(c(=O)[nH]5)CCC6)c4C)CC3)(C1)C2. The average Bonchev–Trinajstić information content (AvgIpc) is 3.43. The summed E-state index contributed by atoms with van der Waals surface area (Å²) in [5.41, 5.74) is 1.58. The minimum Gasteiger partial charge on any atom is -0.469 e. The van der Waals surface area contributed by atoms with Crippen LogP contribution in [0.25, 0.3) is 5.95 Å². The second-order valence-corrected chi connectivity index (χ2v) is 10.4. The maximum absolute atomic E-state index is 13.2. The Morgan fingerprint density at radius 3 is 2.40 bits per heavy atom. The minimum absolute atomic E-state index is 0.0889. The molecule has 3 heterocycles. The number of amides is 2. The van der Waals surface area contributed by atoms with Gasteiger partial charge in [0.05, 0.1) is 41.1 Å². The molecule has 5 aliphatic rings. The van der Waals surface area contributed by atoms with Crippen molar-refractivity contribution in [3.05, 3.63) is 39.1 Å². The fourth-order valence-corrected chi connectivity index (χ4v) is 6.43. The molecule has 2 aromatic heterocycles. The topological polar surface area (TPSA) is 130 Å². The van der Waals surface area contributed by atoms with Gasteiger partial charge < -0.3 is 14.5 Å². The average molecular weight is 481 g/mol. The monoisotopic (exact) mass is 480 g/mol. The van der Waals surface area contributed by atoms with E-state index in [2.05, 4.69) is 15.1 Å². The van der Waals surface area contributed by atoms with Crippen LogP contribution in [-0.4, -0.2) is 80.6 Å². The number of methoxy groups -OCH3 is 1. The first-order chi connectivity index (χ1) is 16.8. The van der Waals surface area contributed by atoms with Gasteiger partial charge in [-0.25, -0.2) is 9.67 Å². The van der Waals surface area contributed by atoms with E-state index in [1.165, 1.54) is 18.0 Å². The molecular weight excluding hydrogens is 452 g/mol. The van der Waals surface area contributed by atoms with E-state index in [0.717, 1.165) is 30.5 Å². The molecule has 2 amide bonds. The molecule has 4 fully saturated rings. The van der Waals surface area contributed by atoms with Gasteiger partial charge in [0.2, 0.25) is 11.9 Å². The molecule has 0 aromatic carbocycles. The number of fused-ring (bicyclic) bond motifs is 1. The van der Waals surface area contributed by atoms with Gasteiger partial charge >= 0.3 is 5.97 Å². The molecule has 11 nitrogen and oxygen atoms in total. The van der Waals surface area contributed by atoms with Gasteiger partial charge in [-0.3, -0.25) is 24.2 Å². The van der Waals surface area contributed by atoms with E-state index in [0.29, 0.717) is 62.6 Å². The quantitative estimate of drug-likeness (QED) is 0.626. The van der Waals surface area contributed by atoms with Crippen molar-refractivity contribution >= 4 is 17.8 Å². The molecule has 0 radical (unpaired) electrons. The van der Waals surface area contributed by atoms with Crippen LogP contribution in [0.2, 0.25) is 0 Å². The Bertz CT molecular complexity index is 1300. The summed E-state index contributed by atoms with van der Waals surface area (Å²) in [6.45, 7) is 3.57. The summed E-state index contributed by atoms with van der Waals surface area (Å²) in [7, 11) is 1.39. The third-order valence-electron chi connectivity index (χ3n) is 8.33. The number of ether oxygens (including phenoxy) is 1. The molecule has 1 saturated heterocycles. The van der Waals surface area contributed by atoms with Gasteiger partial charge in [0.1, 0.15) is 0 Å². The lowest BCUT2D eigenvalue weighted by Crippen LogP contribution is -2.71. The molecule has 3 saturated carbocycles. The zero-order chi connectivity index (χ0) is 24.5. The standard InChI is InChI=1S/C24H28N6O5/c1-14-16(10-25-30(14)22-26-17-5-3-4-15(17)18(31)27-22)19(32)28-6-8-29(9-7-28)20(33)23-11-24(12-23,13-23)21(34)35-2/h10H,3-9,11-13H2,1-2H3,(H,26,27,31). The first kappa shape index (κ1) is 22.0. The second kappa shape index (κ2) is 7.50. The summed E-state index contributed by atoms with van der Waals surface area (Å²) < 4.78 is 6.38. The highest BCUT2D eigenvalue weighted by Crippen LogP contribution is 2.74. The molecule has 35 heavy (non-hydrogen) atoms. The summed E-state index contributed by atoms with van der Waals surface area (Å²) in [5.74, 6) is 0.0501. The van der Waals surface area contributed by atoms with Gasteiger partial charge in [-0.15, -0.1) is 0 Å². The van der Waals surface area contributed by atoms with Gasteiger partial charge in [0, 0.05) is 31.7 Å². The minimum atomic E-state index is -0.447. The van der Waals surface area contributed by atoms with E-state index >= 15 is 0 Å². The number of piperazine rings is 1. The number of H-pyrrole nitrogens is 1. The Labute approximate surface area is 201 Å². The summed E-state index contributed by atoms with van der Waals surface area (Å²) in [6.07, 6.45) is 5.65. The van der Waals surface area contributed by atoms with Crippen LogP contribution >= 0.6 is 0 Å². The number of esters is 1. The van der Waals surface area contributed by atoms with Crippen molar-refractivity contribution in [3.8, 4) is 5.95 Å². The van der Waals surface area contributed by atoms with Gasteiger partial charge in [0.25, 0.3) is 11.5 Å². The lowest BCUT2D eigenvalue weighted by atomic mass is 9.34. The number of rotatable bonds is 4. The van der Waals surface area contributed by atoms with E-state index in [1.807, 2.05) is 4.90 Å². The summed E-state index contributed by atoms with van der Waals surface area (Å²) in [5, 5.41) is 4.33. The Kier molecular flexibility index (Phi) is 4.71. The van der Waals surface area contributed by atoms with Crippen molar-refractivity contribution in [3.63, 3.8) is 0 Å². The largest absolute Gasteiger partial charge is 0.469 e. The Hall–Kier alpha value is -3.50. The van der Waals surface area contributed by atoms with Crippen LogP contribution in [-0.2, 0) is 27.2 Å². The molecule has 0 spiro atoms. The fourth-order valence-electron chi connectivity index (χ4n) is 6.43. The predicted octanol–water partition coefficient (Wildman–Crippen LogP) is 0.380. The summed E-state index contributed by atoms with van der Waals surface area (Å²) >= 11 is 0. The van der Waals surface area contributed by atoms with Gasteiger partial charge in [0.15, 0.2) is 0 Å². The zero-order valence-corrected chi connectivity index (χ0v) is 19.9. The Balaban J connectivity index is 1.11. The van der Waals surface area contributed by atoms with E-state index in [4.69, 9.17) is 4.74 Å². The lowest BCUT2D eigenvalue weighted by molar-refractivity contribution is -0.228. The van der Waals surface area contributed by atoms with Crippen LogP contribution in [0.5, 0.6) is 0 Å². The summed E-state index contributed by atoms with van der Waals surface area (Å²) in [4.78, 5) is 61.5. The maximum atomic E-state index is 13.2. The van der Waals surface area contributed by atoms with Gasteiger partial charge in [-0.05, 0) is 45.4 Å². The maximum Gasteiger partial charge on any atom is 0.311 e. The van der Waals surface area contributed by atoms with E-state index < -0.39 is 10.8 Å². The lowest BCUT2D eigenvalue weighted by Gasteiger charge is -2.67. The molecule has 4 aliphatic carbocycles. The fraction of sp³-hybridized carbons (Fsp3) is 0.583. The highest BCUT2D eigenvalue weighted by atomic mass is 16.5. The zero-order valence-electron chi connectivity index (χ0n) is 19.9. The molecule has 1 aliphatic heterocycles.